The van der Waals surface area contributed by atoms with Crippen LogP contribution < -0.4 is 5.32 Å². The highest BCUT2D eigenvalue weighted by Gasteiger charge is 2.24. The maximum Gasteiger partial charge on any atom is 0.113 e. The third-order valence-corrected chi connectivity index (χ3v) is 3.79. The maximum atomic E-state index is 9.30. The van der Waals surface area contributed by atoms with Gasteiger partial charge in [0, 0.05) is 11.0 Å². The molecule has 0 aromatic heterocycles. The van der Waals surface area contributed by atoms with Gasteiger partial charge in [0.25, 0.3) is 0 Å². The summed E-state index contributed by atoms with van der Waals surface area (Å²) in [5.74, 6) is 0.698. The minimum Gasteiger partial charge on any atom is -0.392 e. The van der Waals surface area contributed by atoms with E-state index in [9.17, 15) is 5.11 Å². The molecule has 3 atom stereocenters. The number of hydrogen-bond acceptors (Lipinski definition) is 4. The zero-order chi connectivity index (χ0) is 11.2. The molecule has 0 saturated heterocycles. The van der Waals surface area contributed by atoms with Gasteiger partial charge in [-0.1, -0.05) is 13.8 Å². The molecule has 0 rings (SSSR count). The second-order valence-corrected chi connectivity index (χ2v) is 5.10. The summed E-state index contributed by atoms with van der Waals surface area (Å²) in [5, 5.41) is 21.6. The number of thioether (sulfide) groups is 1. The first-order valence-electron chi connectivity index (χ1n) is 4.91. The number of aliphatic hydroxyl groups excluding tert-OH is 1. The van der Waals surface area contributed by atoms with Crippen LogP contribution in [0.5, 0.6) is 0 Å². The molecule has 0 aliphatic rings. The molecule has 14 heavy (non-hydrogen) atoms. The second-order valence-electron chi connectivity index (χ2n) is 3.73. The van der Waals surface area contributed by atoms with Gasteiger partial charge in [-0.3, -0.25) is 5.32 Å². The largest absolute Gasteiger partial charge is 0.392 e. The molecule has 0 aromatic rings. The van der Waals surface area contributed by atoms with Crippen molar-refractivity contribution in [2.24, 2.45) is 0 Å². The van der Waals surface area contributed by atoms with Gasteiger partial charge in [0.2, 0.25) is 0 Å². The van der Waals surface area contributed by atoms with Crippen LogP contribution in [0.1, 0.15) is 27.7 Å². The molecule has 0 bridgehead atoms. The van der Waals surface area contributed by atoms with Gasteiger partial charge in [-0.2, -0.15) is 17.0 Å². The second kappa shape index (κ2) is 6.28. The van der Waals surface area contributed by atoms with E-state index in [2.05, 4.69) is 11.4 Å². The van der Waals surface area contributed by atoms with E-state index in [4.69, 9.17) is 5.26 Å². The van der Waals surface area contributed by atoms with Gasteiger partial charge in [0.05, 0.1) is 12.2 Å². The molecule has 0 saturated carbocycles. The Hall–Kier alpha value is -0.240. The molecular weight excluding hydrogens is 196 g/mol. The van der Waals surface area contributed by atoms with Gasteiger partial charge in [-0.25, -0.2) is 0 Å². The average Bonchev–Trinajstić information content (AvgIpc) is 2.14. The Bertz CT molecular complexity index is 203. The number of nitrogens with zero attached hydrogens (tertiary/aromatic N) is 1. The Morgan fingerprint density at radius 3 is 2.50 bits per heavy atom. The van der Waals surface area contributed by atoms with Crippen LogP contribution in [0.3, 0.4) is 0 Å². The molecule has 4 heteroatoms. The molecule has 0 aliphatic carbocycles. The summed E-state index contributed by atoms with van der Waals surface area (Å²) in [5.41, 5.74) is -0.484. The van der Waals surface area contributed by atoms with Crippen molar-refractivity contribution in [1.82, 2.24) is 5.32 Å². The van der Waals surface area contributed by atoms with Gasteiger partial charge in [0.15, 0.2) is 0 Å². The number of nitriles is 1. The molecule has 0 heterocycles. The van der Waals surface area contributed by atoms with Gasteiger partial charge in [-0.15, -0.1) is 0 Å². The molecule has 0 amide bonds. The highest BCUT2D eigenvalue weighted by atomic mass is 32.2. The molecule has 0 spiro atoms. The van der Waals surface area contributed by atoms with E-state index in [0.29, 0.717) is 5.75 Å². The Balaban J connectivity index is 4.02. The summed E-state index contributed by atoms with van der Waals surface area (Å²) in [6.45, 7) is 8.40. The minimum atomic E-state index is -0.484. The predicted octanol–water partition coefficient (Wildman–Crippen LogP) is 1.38. The predicted molar refractivity (Wildman–Crippen MR) is 61.3 cm³/mol. The fraction of sp³-hybridized carbons (Fsp3) is 0.900. The lowest BCUT2D eigenvalue weighted by atomic mass is 10.1. The van der Waals surface area contributed by atoms with Crippen LogP contribution in [0.25, 0.3) is 0 Å². The fourth-order valence-corrected chi connectivity index (χ4v) is 1.99. The van der Waals surface area contributed by atoms with Crippen molar-refractivity contribution >= 4 is 11.8 Å². The number of aliphatic hydroxyl groups is 1. The van der Waals surface area contributed by atoms with Crippen molar-refractivity contribution < 1.29 is 5.11 Å². The summed E-state index contributed by atoms with van der Waals surface area (Å²) in [6.07, 6.45) is -0.329. The van der Waals surface area contributed by atoms with Crippen LogP contribution in [0.15, 0.2) is 0 Å². The Kier molecular flexibility index (Phi) is 6.17. The van der Waals surface area contributed by atoms with Crippen LogP contribution in [-0.4, -0.2) is 34.3 Å². The van der Waals surface area contributed by atoms with Gasteiger partial charge < -0.3 is 5.11 Å². The lowest BCUT2D eigenvalue weighted by Crippen LogP contribution is -2.43. The monoisotopic (exact) mass is 216 g/mol. The standard InChI is InChI=1S/C10H20N2OS/c1-5-12-10(4,6-11)7-14-9(3)8(2)13/h8-9,12-13H,5,7H2,1-4H3. The highest BCUT2D eigenvalue weighted by molar-refractivity contribution is 8.00. The normalized spacial score (nSPS) is 19.4. The Morgan fingerprint density at radius 2 is 2.14 bits per heavy atom. The summed E-state index contributed by atoms with van der Waals surface area (Å²) < 4.78 is 0. The molecule has 0 aliphatic heterocycles. The average molecular weight is 216 g/mol. The molecular formula is C10H20N2OS. The van der Waals surface area contributed by atoms with Crippen molar-refractivity contribution in [3.05, 3.63) is 0 Å². The van der Waals surface area contributed by atoms with E-state index >= 15 is 0 Å². The van der Waals surface area contributed by atoms with E-state index in [1.165, 1.54) is 0 Å². The fourth-order valence-electron chi connectivity index (χ4n) is 0.950. The number of rotatable bonds is 6. The maximum absolute atomic E-state index is 9.30. The van der Waals surface area contributed by atoms with Crippen molar-refractivity contribution in [3.63, 3.8) is 0 Å². The molecule has 3 nitrogen and oxygen atoms in total. The van der Waals surface area contributed by atoms with Gasteiger partial charge in [0.1, 0.15) is 5.54 Å². The lowest BCUT2D eigenvalue weighted by molar-refractivity contribution is 0.196. The highest BCUT2D eigenvalue weighted by Crippen LogP contribution is 2.19. The molecule has 0 radical (unpaired) electrons. The van der Waals surface area contributed by atoms with Crippen molar-refractivity contribution in [2.45, 2.75) is 44.6 Å². The first kappa shape index (κ1) is 13.8. The van der Waals surface area contributed by atoms with Crippen LogP contribution >= 0.6 is 11.8 Å². The first-order valence-corrected chi connectivity index (χ1v) is 5.96. The Labute approximate surface area is 90.9 Å². The molecule has 2 N–H and O–H groups in total. The van der Waals surface area contributed by atoms with Crippen LogP contribution in [-0.2, 0) is 0 Å². The molecule has 3 unspecified atom stereocenters. The molecule has 0 fully saturated rings. The van der Waals surface area contributed by atoms with E-state index in [1.54, 1.807) is 18.7 Å². The summed E-state index contributed by atoms with van der Waals surface area (Å²) in [7, 11) is 0. The van der Waals surface area contributed by atoms with Crippen LogP contribution in [0.2, 0.25) is 0 Å². The summed E-state index contributed by atoms with van der Waals surface area (Å²) in [6, 6.07) is 2.26. The zero-order valence-corrected chi connectivity index (χ0v) is 10.2. The number of hydrogen-bond donors (Lipinski definition) is 2. The zero-order valence-electron chi connectivity index (χ0n) is 9.37. The third kappa shape index (κ3) is 4.85. The quantitative estimate of drug-likeness (QED) is 0.704. The minimum absolute atomic E-state index is 0.168. The van der Waals surface area contributed by atoms with Crippen molar-refractivity contribution in [1.29, 1.82) is 5.26 Å². The van der Waals surface area contributed by atoms with Crippen molar-refractivity contribution in [3.8, 4) is 6.07 Å². The van der Waals surface area contributed by atoms with E-state index in [1.807, 2.05) is 20.8 Å². The lowest BCUT2D eigenvalue weighted by Gasteiger charge is -2.24. The van der Waals surface area contributed by atoms with E-state index in [0.717, 1.165) is 6.54 Å². The van der Waals surface area contributed by atoms with E-state index < -0.39 is 5.54 Å². The SMILES string of the molecule is CCNC(C)(C#N)CSC(C)C(C)O. The summed E-state index contributed by atoms with van der Waals surface area (Å²) in [4.78, 5) is 0. The first-order chi connectivity index (χ1) is 6.45. The molecule has 0 aromatic carbocycles. The van der Waals surface area contributed by atoms with Crippen molar-refractivity contribution in [2.75, 3.05) is 12.3 Å². The van der Waals surface area contributed by atoms with Crippen LogP contribution in [0.4, 0.5) is 0 Å². The van der Waals surface area contributed by atoms with Crippen LogP contribution in [0, 0.1) is 11.3 Å². The van der Waals surface area contributed by atoms with E-state index in [-0.39, 0.29) is 11.4 Å². The third-order valence-electron chi connectivity index (χ3n) is 2.13. The topological polar surface area (TPSA) is 56.0 Å². The smallest absolute Gasteiger partial charge is 0.113 e. The number of nitrogens with one attached hydrogen (secondary N) is 1. The van der Waals surface area contributed by atoms with Gasteiger partial charge >= 0.3 is 0 Å². The summed E-state index contributed by atoms with van der Waals surface area (Å²) >= 11 is 1.62. The van der Waals surface area contributed by atoms with Gasteiger partial charge in [-0.05, 0) is 20.4 Å². The Morgan fingerprint density at radius 1 is 1.57 bits per heavy atom. The molecule has 82 valence electrons.